The number of phenols is 1. The quantitative estimate of drug-likeness (QED) is 0.218. The Labute approximate surface area is 194 Å². The van der Waals surface area contributed by atoms with Crippen molar-refractivity contribution in [2.75, 3.05) is 5.01 Å². The third kappa shape index (κ3) is 4.44. The van der Waals surface area contributed by atoms with Gasteiger partial charge in [0.1, 0.15) is 5.75 Å². The molecule has 0 aromatic heterocycles. The Hall–Kier alpha value is -2.02. The smallest absolute Gasteiger partial charge is 0.280 e. The fourth-order valence-corrected chi connectivity index (χ4v) is 4.73. The third-order valence-electron chi connectivity index (χ3n) is 4.25. The largest absolute Gasteiger partial charge is 0.506 e. The molecule has 29 heavy (non-hydrogen) atoms. The number of benzene rings is 2. The van der Waals surface area contributed by atoms with Crippen LogP contribution in [0.2, 0.25) is 0 Å². The number of phenolic OH excluding ortho intramolecular Hbond substituents is 1. The highest BCUT2D eigenvalue weighted by molar-refractivity contribution is 14.1. The molecule has 150 valence electrons. The van der Waals surface area contributed by atoms with E-state index in [2.05, 4.69) is 27.7 Å². The Morgan fingerprint density at radius 1 is 1.17 bits per heavy atom. The predicted molar refractivity (Wildman–Crippen MR) is 129 cm³/mol. The fraction of sp³-hybridized carbons (Fsp3) is 0.200. The van der Waals surface area contributed by atoms with E-state index in [4.69, 9.17) is 0 Å². The van der Waals surface area contributed by atoms with Crippen molar-refractivity contribution in [2.45, 2.75) is 20.8 Å². The second kappa shape index (κ2) is 8.01. The van der Waals surface area contributed by atoms with Crippen LogP contribution in [0, 0.1) is 22.7 Å². The Morgan fingerprint density at radius 2 is 1.79 bits per heavy atom. The molecule has 0 bridgehead atoms. The Balaban J connectivity index is 2.10. The summed E-state index contributed by atoms with van der Waals surface area (Å²) < 4.78 is 1.62. The van der Waals surface area contributed by atoms with Crippen molar-refractivity contribution in [1.82, 2.24) is 0 Å². The number of aromatic hydroxyl groups is 1. The summed E-state index contributed by atoms with van der Waals surface area (Å²) >= 11 is 4.20. The van der Waals surface area contributed by atoms with Crippen LogP contribution in [0.1, 0.15) is 26.3 Å². The Kier molecular flexibility index (Phi) is 5.99. The molecule has 1 aliphatic rings. The summed E-state index contributed by atoms with van der Waals surface area (Å²) in [6.45, 7) is 5.85. The first-order valence-electron chi connectivity index (χ1n) is 8.57. The second-order valence-electron chi connectivity index (χ2n) is 7.47. The highest BCUT2D eigenvalue weighted by atomic mass is 127. The van der Waals surface area contributed by atoms with Crippen LogP contribution in [-0.2, 0) is 4.79 Å². The number of anilines is 1. The van der Waals surface area contributed by atoms with Crippen molar-refractivity contribution in [3.8, 4) is 5.75 Å². The lowest BCUT2D eigenvalue weighted by atomic mass is 9.85. The van der Waals surface area contributed by atoms with Gasteiger partial charge >= 0.3 is 0 Å². The molecule has 0 radical (unpaired) electrons. The number of halogens is 2. The molecule has 3 rings (SSSR count). The lowest BCUT2D eigenvalue weighted by molar-refractivity contribution is -0.384. The Bertz CT molecular complexity index is 1070. The summed E-state index contributed by atoms with van der Waals surface area (Å²) in [5.74, 6) is -0.245. The Morgan fingerprint density at radius 3 is 2.34 bits per heavy atom. The van der Waals surface area contributed by atoms with E-state index in [1.807, 2.05) is 49.4 Å². The van der Waals surface area contributed by atoms with Gasteiger partial charge in [0.25, 0.3) is 11.6 Å². The first-order chi connectivity index (χ1) is 13.5. The second-order valence-corrected chi connectivity index (χ2v) is 9.88. The highest BCUT2D eigenvalue weighted by Crippen LogP contribution is 2.35. The minimum absolute atomic E-state index is 0.0606. The molecule has 1 heterocycles. The van der Waals surface area contributed by atoms with Gasteiger partial charge in [0.15, 0.2) is 0 Å². The molecule has 0 unspecified atom stereocenters. The van der Waals surface area contributed by atoms with E-state index in [-0.39, 0.29) is 17.3 Å². The zero-order valence-electron chi connectivity index (χ0n) is 15.8. The molecule has 2 aromatic carbocycles. The zero-order chi connectivity index (χ0) is 21.5. The maximum absolute atomic E-state index is 13.2. The molecule has 0 saturated carbocycles. The molecule has 9 heteroatoms. The van der Waals surface area contributed by atoms with E-state index < -0.39 is 10.3 Å². The zero-order valence-corrected chi connectivity index (χ0v) is 20.1. The van der Waals surface area contributed by atoms with E-state index >= 15 is 0 Å². The van der Waals surface area contributed by atoms with E-state index in [0.29, 0.717) is 26.1 Å². The standard InChI is InChI=1S/C20H17I2N3O4/c1-20(2,3)18-15(9-11-8-12(21)10-16(22)17(11)26)19(27)24(23-18)13-4-6-14(7-5-13)25(28)29/h4-10,26H,1-3H3/b15-9+. The molecule has 0 atom stereocenters. The molecule has 0 spiro atoms. The van der Waals surface area contributed by atoms with E-state index in [1.165, 1.54) is 29.3 Å². The topological polar surface area (TPSA) is 96.0 Å². The van der Waals surface area contributed by atoms with Crippen molar-refractivity contribution in [3.05, 3.63) is 64.8 Å². The van der Waals surface area contributed by atoms with Crippen LogP contribution in [0.3, 0.4) is 0 Å². The summed E-state index contributed by atoms with van der Waals surface area (Å²) in [6.07, 6.45) is 1.65. The number of hydrazone groups is 1. The number of amides is 1. The molecular formula is C20H17I2N3O4. The number of nitrogens with zero attached hydrogens (tertiary/aromatic N) is 3. The van der Waals surface area contributed by atoms with Crippen LogP contribution in [-0.4, -0.2) is 21.6 Å². The first kappa shape index (κ1) is 21.7. The molecule has 1 aliphatic heterocycles. The molecule has 0 fully saturated rings. The number of carbonyl (C=O) groups is 1. The van der Waals surface area contributed by atoms with Crippen molar-refractivity contribution in [1.29, 1.82) is 0 Å². The van der Waals surface area contributed by atoms with Crippen LogP contribution < -0.4 is 5.01 Å². The van der Waals surface area contributed by atoms with Crippen molar-refractivity contribution < 1.29 is 14.8 Å². The molecule has 0 saturated heterocycles. The summed E-state index contributed by atoms with van der Waals surface area (Å²) in [7, 11) is 0. The lowest BCUT2D eigenvalue weighted by Gasteiger charge is -2.18. The third-order valence-corrected chi connectivity index (χ3v) is 5.70. The molecule has 0 aliphatic carbocycles. The molecular weight excluding hydrogens is 600 g/mol. The number of non-ortho nitro benzene ring substituents is 1. The molecule has 2 aromatic rings. The summed E-state index contributed by atoms with van der Waals surface area (Å²) in [4.78, 5) is 23.6. The van der Waals surface area contributed by atoms with Gasteiger partial charge in [-0.25, -0.2) is 0 Å². The molecule has 7 nitrogen and oxygen atoms in total. The highest BCUT2D eigenvalue weighted by Gasteiger charge is 2.37. The van der Waals surface area contributed by atoms with Gasteiger partial charge in [-0.05, 0) is 75.5 Å². The number of nitro groups is 1. The fourth-order valence-electron chi connectivity index (χ4n) is 2.84. The van der Waals surface area contributed by atoms with Gasteiger partial charge in [0.2, 0.25) is 0 Å². The van der Waals surface area contributed by atoms with E-state index in [1.54, 1.807) is 12.1 Å². The average Bonchev–Trinajstić information content (AvgIpc) is 2.96. The van der Waals surface area contributed by atoms with Crippen LogP contribution in [0.25, 0.3) is 6.08 Å². The van der Waals surface area contributed by atoms with Gasteiger partial charge in [-0.15, -0.1) is 0 Å². The maximum Gasteiger partial charge on any atom is 0.280 e. The maximum atomic E-state index is 13.2. The van der Waals surface area contributed by atoms with Crippen LogP contribution in [0.15, 0.2) is 47.1 Å². The van der Waals surface area contributed by atoms with Gasteiger partial charge in [-0.2, -0.15) is 10.1 Å². The number of nitro benzene ring substituents is 1. The van der Waals surface area contributed by atoms with Crippen molar-refractivity contribution >= 4 is 74.3 Å². The van der Waals surface area contributed by atoms with Crippen molar-refractivity contribution in [2.24, 2.45) is 10.5 Å². The van der Waals surface area contributed by atoms with Gasteiger partial charge in [0, 0.05) is 26.7 Å². The lowest BCUT2D eigenvalue weighted by Crippen LogP contribution is -2.24. The summed E-state index contributed by atoms with van der Waals surface area (Å²) in [5.41, 5.74) is 1.44. The van der Waals surface area contributed by atoms with Gasteiger partial charge in [-0.1, -0.05) is 20.8 Å². The monoisotopic (exact) mass is 617 g/mol. The summed E-state index contributed by atoms with van der Waals surface area (Å²) in [6, 6.07) is 9.31. The first-order valence-corrected chi connectivity index (χ1v) is 10.7. The number of rotatable bonds is 3. The van der Waals surface area contributed by atoms with Gasteiger partial charge < -0.3 is 5.11 Å². The van der Waals surface area contributed by atoms with E-state index in [0.717, 1.165) is 3.57 Å². The van der Waals surface area contributed by atoms with Crippen molar-refractivity contribution in [3.63, 3.8) is 0 Å². The number of hydrogen-bond donors (Lipinski definition) is 1. The molecule has 1 amide bonds. The number of carbonyl (C=O) groups excluding carboxylic acids is 1. The minimum Gasteiger partial charge on any atom is -0.506 e. The SMILES string of the molecule is CC(C)(C)C1=NN(c2ccc([N+](=O)[O-])cc2)C(=O)/C1=C/c1cc(I)cc(I)c1O. The average molecular weight is 617 g/mol. The molecule has 1 N–H and O–H groups in total. The predicted octanol–water partition coefficient (Wildman–Crippen LogP) is 5.34. The van der Waals surface area contributed by atoms with Gasteiger partial charge in [0.05, 0.1) is 25.5 Å². The number of hydrogen-bond acceptors (Lipinski definition) is 5. The van der Waals surface area contributed by atoms with E-state index in [9.17, 15) is 20.0 Å². The van der Waals surface area contributed by atoms with Crippen LogP contribution in [0.5, 0.6) is 5.75 Å². The normalized spacial score (nSPS) is 15.8. The van der Waals surface area contributed by atoms with Crippen LogP contribution in [0.4, 0.5) is 11.4 Å². The van der Waals surface area contributed by atoms with Crippen LogP contribution >= 0.6 is 45.2 Å². The summed E-state index contributed by atoms with van der Waals surface area (Å²) in [5, 5.41) is 27.1. The minimum atomic E-state index is -0.494. The van der Waals surface area contributed by atoms with Gasteiger partial charge in [-0.3, -0.25) is 14.9 Å².